The molecule has 1 unspecified atom stereocenters. The summed E-state index contributed by atoms with van der Waals surface area (Å²) in [6, 6.07) is 10.2. The minimum Gasteiger partial charge on any atom is -0.376 e. The standard InChI is InChI=1S/C19H22N4O3/c1-13-4-5-14(11-20-13)18(24)22-15-6-8-16(9-7-15)23-19(25)21-12-17-3-2-10-26-17/h4-9,11,17H,2-3,10,12H2,1H3,(H,22,24)(H2,21,23,25). The Bertz CT molecular complexity index is 753. The molecule has 2 aromatic rings. The Balaban J connectivity index is 1.48. The maximum absolute atomic E-state index is 12.2. The predicted molar refractivity (Wildman–Crippen MR) is 99.4 cm³/mol. The van der Waals surface area contributed by atoms with Gasteiger partial charge in [0.1, 0.15) is 0 Å². The van der Waals surface area contributed by atoms with E-state index < -0.39 is 0 Å². The topological polar surface area (TPSA) is 92.4 Å². The van der Waals surface area contributed by atoms with Crippen LogP contribution in [0.1, 0.15) is 28.9 Å². The molecule has 3 amide bonds. The first-order chi connectivity index (χ1) is 12.6. The van der Waals surface area contributed by atoms with E-state index in [1.54, 1.807) is 42.6 Å². The third-order valence-corrected chi connectivity index (χ3v) is 4.09. The number of aromatic nitrogens is 1. The predicted octanol–water partition coefficient (Wildman–Crippen LogP) is 2.94. The lowest BCUT2D eigenvalue weighted by atomic mass is 10.2. The Morgan fingerprint density at radius 2 is 1.85 bits per heavy atom. The number of aryl methyl sites for hydroxylation is 1. The van der Waals surface area contributed by atoms with Crippen LogP contribution in [0.25, 0.3) is 0 Å². The first kappa shape index (κ1) is 17.9. The Kier molecular flexibility index (Phi) is 5.80. The van der Waals surface area contributed by atoms with Gasteiger partial charge in [0.2, 0.25) is 0 Å². The third kappa shape index (κ3) is 5.03. The highest BCUT2D eigenvalue weighted by atomic mass is 16.5. The number of hydrogen-bond donors (Lipinski definition) is 3. The zero-order valence-corrected chi connectivity index (χ0v) is 14.6. The minimum absolute atomic E-state index is 0.106. The molecule has 1 aliphatic rings. The number of carbonyl (C=O) groups is 2. The molecule has 1 aromatic heterocycles. The summed E-state index contributed by atoms with van der Waals surface area (Å²) in [5.41, 5.74) is 2.63. The van der Waals surface area contributed by atoms with Crippen molar-refractivity contribution in [2.24, 2.45) is 0 Å². The van der Waals surface area contributed by atoms with Crippen LogP contribution < -0.4 is 16.0 Å². The number of urea groups is 1. The lowest BCUT2D eigenvalue weighted by molar-refractivity contribution is 0.102. The summed E-state index contributed by atoms with van der Waals surface area (Å²) in [6.07, 6.45) is 3.67. The van der Waals surface area contributed by atoms with E-state index in [1.165, 1.54) is 0 Å². The molecule has 0 aliphatic carbocycles. The third-order valence-electron chi connectivity index (χ3n) is 4.09. The molecular weight excluding hydrogens is 332 g/mol. The van der Waals surface area contributed by atoms with Crippen LogP contribution in [0.15, 0.2) is 42.6 Å². The summed E-state index contributed by atoms with van der Waals surface area (Å²) >= 11 is 0. The Hall–Kier alpha value is -2.93. The maximum Gasteiger partial charge on any atom is 0.319 e. The second-order valence-electron chi connectivity index (χ2n) is 6.19. The SMILES string of the molecule is Cc1ccc(C(=O)Nc2ccc(NC(=O)NCC3CCCO3)cc2)cn1. The Labute approximate surface area is 152 Å². The Morgan fingerprint density at radius 3 is 2.46 bits per heavy atom. The highest BCUT2D eigenvalue weighted by Gasteiger charge is 2.16. The molecule has 0 spiro atoms. The Morgan fingerprint density at radius 1 is 1.12 bits per heavy atom. The van der Waals surface area contributed by atoms with E-state index in [9.17, 15) is 9.59 Å². The van der Waals surface area contributed by atoms with Gasteiger partial charge >= 0.3 is 6.03 Å². The van der Waals surface area contributed by atoms with Crippen molar-refractivity contribution in [3.05, 3.63) is 53.9 Å². The molecule has 7 heteroatoms. The summed E-state index contributed by atoms with van der Waals surface area (Å²) in [4.78, 5) is 28.2. The molecule has 1 aliphatic heterocycles. The summed E-state index contributed by atoms with van der Waals surface area (Å²) in [5.74, 6) is -0.229. The first-order valence-electron chi connectivity index (χ1n) is 8.61. The van der Waals surface area contributed by atoms with E-state index in [0.717, 1.165) is 25.1 Å². The van der Waals surface area contributed by atoms with E-state index >= 15 is 0 Å². The lowest BCUT2D eigenvalue weighted by Crippen LogP contribution is -2.35. The molecule has 1 fully saturated rings. The van der Waals surface area contributed by atoms with Gasteiger partial charge in [-0.2, -0.15) is 0 Å². The number of hydrogen-bond acceptors (Lipinski definition) is 4. The smallest absolute Gasteiger partial charge is 0.319 e. The van der Waals surface area contributed by atoms with E-state index in [1.807, 2.05) is 6.92 Å². The van der Waals surface area contributed by atoms with Gasteiger partial charge in [-0.05, 0) is 56.2 Å². The van der Waals surface area contributed by atoms with Crippen molar-refractivity contribution in [1.29, 1.82) is 0 Å². The van der Waals surface area contributed by atoms with Crippen LogP contribution in [0.4, 0.5) is 16.2 Å². The highest BCUT2D eigenvalue weighted by molar-refractivity contribution is 6.04. The van der Waals surface area contributed by atoms with Crippen LogP contribution in [0.2, 0.25) is 0 Å². The molecular formula is C19H22N4O3. The van der Waals surface area contributed by atoms with Crippen molar-refractivity contribution in [2.45, 2.75) is 25.9 Å². The normalized spacial score (nSPS) is 16.1. The quantitative estimate of drug-likeness (QED) is 0.770. The van der Waals surface area contributed by atoms with Gasteiger partial charge in [-0.3, -0.25) is 9.78 Å². The second kappa shape index (κ2) is 8.44. The van der Waals surface area contributed by atoms with Crippen molar-refractivity contribution < 1.29 is 14.3 Å². The number of rotatable bonds is 5. The monoisotopic (exact) mass is 354 g/mol. The number of benzene rings is 1. The van der Waals surface area contributed by atoms with Crippen LogP contribution in [0.3, 0.4) is 0 Å². The molecule has 3 N–H and O–H groups in total. The zero-order valence-electron chi connectivity index (χ0n) is 14.6. The largest absolute Gasteiger partial charge is 0.376 e. The molecule has 7 nitrogen and oxygen atoms in total. The van der Waals surface area contributed by atoms with Gasteiger partial charge in [0.25, 0.3) is 5.91 Å². The summed E-state index contributed by atoms with van der Waals surface area (Å²) < 4.78 is 5.46. The number of nitrogens with zero attached hydrogens (tertiary/aromatic N) is 1. The van der Waals surface area contributed by atoms with Gasteiger partial charge < -0.3 is 20.7 Å². The average Bonchev–Trinajstić information content (AvgIpc) is 3.16. The van der Waals surface area contributed by atoms with Crippen molar-refractivity contribution in [3.8, 4) is 0 Å². The van der Waals surface area contributed by atoms with Gasteiger partial charge in [0.15, 0.2) is 0 Å². The number of ether oxygens (including phenoxy) is 1. The van der Waals surface area contributed by atoms with Crippen molar-refractivity contribution in [1.82, 2.24) is 10.3 Å². The molecule has 0 radical (unpaired) electrons. The molecule has 26 heavy (non-hydrogen) atoms. The zero-order chi connectivity index (χ0) is 18.4. The van der Waals surface area contributed by atoms with E-state index in [-0.39, 0.29) is 18.0 Å². The molecule has 1 aromatic carbocycles. The average molecular weight is 354 g/mol. The second-order valence-corrected chi connectivity index (χ2v) is 6.19. The van der Waals surface area contributed by atoms with Crippen LogP contribution in [0.5, 0.6) is 0 Å². The van der Waals surface area contributed by atoms with Crippen LogP contribution in [0, 0.1) is 6.92 Å². The summed E-state index contributed by atoms with van der Waals surface area (Å²) in [5, 5.41) is 8.35. The maximum atomic E-state index is 12.2. The fourth-order valence-electron chi connectivity index (χ4n) is 2.63. The molecule has 136 valence electrons. The molecule has 1 saturated heterocycles. The van der Waals surface area contributed by atoms with Crippen molar-refractivity contribution in [2.75, 3.05) is 23.8 Å². The lowest BCUT2D eigenvalue weighted by Gasteiger charge is -2.12. The molecule has 0 saturated carbocycles. The number of nitrogens with one attached hydrogen (secondary N) is 3. The van der Waals surface area contributed by atoms with Gasteiger partial charge in [-0.15, -0.1) is 0 Å². The number of pyridine rings is 1. The van der Waals surface area contributed by atoms with Gasteiger partial charge in [-0.25, -0.2) is 4.79 Å². The van der Waals surface area contributed by atoms with Gasteiger partial charge in [-0.1, -0.05) is 0 Å². The van der Waals surface area contributed by atoms with E-state index in [4.69, 9.17) is 4.74 Å². The highest BCUT2D eigenvalue weighted by Crippen LogP contribution is 2.15. The molecule has 1 atom stereocenters. The minimum atomic E-state index is -0.275. The fraction of sp³-hybridized carbons (Fsp3) is 0.316. The summed E-state index contributed by atoms with van der Waals surface area (Å²) in [7, 11) is 0. The van der Waals surface area contributed by atoms with Crippen LogP contribution in [-0.4, -0.2) is 36.2 Å². The van der Waals surface area contributed by atoms with Crippen LogP contribution in [-0.2, 0) is 4.74 Å². The number of anilines is 2. The van der Waals surface area contributed by atoms with Crippen molar-refractivity contribution >= 4 is 23.3 Å². The molecule has 0 bridgehead atoms. The first-order valence-corrected chi connectivity index (χ1v) is 8.61. The van der Waals surface area contributed by atoms with Gasteiger partial charge in [0.05, 0.1) is 11.7 Å². The number of amides is 3. The molecule has 3 rings (SSSR count). The van der Waals surface area contributed by atoms with E-state index in [0.29, 0.717) is 23.5 Å². The van der Waals surface area contributed by atoms with E-state index in [2.05, 4.69) is 20.9 Å². The van der Waals surface area contributed by atoms with Crippen LogP contribution >= 0.6 is 0 Å². The molecule has 2 heterocycles. The van der Waals surface area contributed by atoms with Crippen molar-refractivity contribution in [3.63, 3.8) is 0 Å². The van der Waals surface area contributed by atoms with Gasteiger partial charge in [0, 0.05) is 36.4 Å². The fourth-order valence-corrected chi connectivity index (χ4v) is 2.63. The summed E-state index contributed by atoms with van der Waals surface area (Å²) in [6.45, 7) is 3.13. The number of carbonyl (C=O) groups excluding carboxylic acids is 2.